The lowest BCUT2D eigenvalue weighted by atomic mass is 9.83. The summed E-state index contributed by atoms with van der Waals surface area (Å²) in [6, 6.07) is 8.15. The lowest BCUT2D eigenvalue weighted by molar-refractivity contribution is 0.0718. The molecule has 5 nitrogen and oxygen atoms in total. The number of amides is 1. The molecule has 0 aromatic heterocycles. The molecule has 1 aromatic rings. The SMILES string of the molecule is COCC1CN(c2ccc([C@H]3CC[C@H](O)CC3)cc2)C(=O)O1. The highest BCUT2D eigenvalue weighted by atomic mass is 16.6. The summed E-state index contributed by atoms with van der Waals surface area (Å²) in [4.78, 5) is 13.6. The zero-order valence-electron chi connectivity index (χ0n) is 12.9. The first-order valence-corrected chi connectivity index (χ1v) is 7.92. The van der Waals surface area contributed by atoms with Gasteiger partial charge < -0.3 is 14.6 Å². The monoisotopic (exact) mass is 305 g/mol. The van der Waals surface area contributed by atoms with E-state index >= 15 is 0 Å². The molecule has 1 aliphatic carbocycles. The summed E-state index contributed by atoms with van der Waals surface area (Å²) in [6.45, 7) is 0.951. The van der Waals surface area contributed by atoms with Crippen LogP contribution in [0.2, 0.25) is 0 Å². The van der Waals surface area contributed by atoms with Crippen molar-refractivity contribution in [3.05, 3.63) is 29.8 Å². The van der Waals surface area contributed by atoms with Gasteiger partial charge in [0.25, 0.3) is 0 Å². The zero-order valence-corrected chi connectivity index (χ0v) is 12.9. The third kappa shape index (κ3) is 3.25. The van der Waals surface area contributed by atoms with Gasteiger partial charge in [0.1, 0.15) is 6.10 Å². The number of cyclic esters (lactones) is 1. The minimum atomic E-state index is -0.310. The smallest absolute Gasteiger partial charge is 0.414 e. The van der Waals surface area contributed by atoms with Crippen LogP contribution in [-0.2, 0) is 9.47 Å². The molecule has 0 radical (unpaired) electrons. The summed E-state index contributed by atoms with van der Waals surface area (Å²) in [5.41, 5.74) is 2.15. The van der Waals surface area contributed by atoms with E-state index in [1.807, 2.05) is 12.1 Å². The molecule has 1 heterocycles. The van der Waals surface area contributed by atoms with Gasteiger partial charge in [-0.3, -0.25) is 4.90 Å². The summed E-state index contributed by atoms with van der Waals surface area (Å²) >= 11 is 0. The maximum absolute atomic E-state index is 11.9. The number of aliphatic hydroxyl groups excluding tert-OH is 1. The lowest BCUT2D eigenvalue weighted by Gasteiger charge is -2.26. The van der Waals surface area contributed by atoms with E-state index in [2.05, 4.69) is 12.1 Å². The van der Waals surface area contributed by atoms with E-state index in [-0.39, 0.29) is 18.3 Å². The Labute approximate surface area is 130 Å². The van der Waals surface area contributed by atoms with Gasteiger partial charge in [-0.2, -0.15) is 0 Å². The van der Waals surface area contributed by atoms with Crippen LogP contribution in [0.25, 0.3) is 0 Å². The van der Waals surface area contributed by atoms with Gasteiger partial charge in [0.2, 0.25) is 0 Å². The molecule has 22 heavy (non-hydrogen) atoms. The Hall–Kier alpha value is -1.59. The van der Waals surface area contributed by atoms with Gasteiger partial charge >= 0.3 is 6.09 Å². The number of carbonyl (C=O) groups excluding carboxylic acids is 1. The van der Waals surface area contributed by atoms with E-state index in [1.165, 1.54) is 5.56 Å². The Balaban J connectivity index is 1.65. The number of anilines is 1. The molecule has 3 rings (SSSR count). The fraction of sp³-hybridized carbons (Fsp3) is 0.588. The minimum absolute atomic E-state index is 0.132. The van der Waals surface area contributed by atoms with E-state index in [0.717, 1.165) is 31.4 Å². The lowest BCUT2D eigenvalue weighted by Crippen LogP contribution is -2.25. The minimum Gasteiger partial charge on any atom is -0.441 e. The molecule has 1 aliphatic heterocycles. The maximum Gasteiger partial charge on any atom is 0.414 e. The number of nitrogens with zero attached hydrogens (tertiary/aromatic N) is 1. The van der Waals surface area contributed by atoms with Crippen molar-refractivity contribution < 1.29 is 19.4 Å². The van der Waals surface area contributed by atoms with Gasteiger partial charge in [-0.15, -0.1) is 0 Å². The Bertz CT molecular complexity index is 508. The largest absolute Gasteiger partial charge is 0.441 e. The molecule has 0 bridgehead atoms. The second kappa shape index (κ2) is 6.67. The van der Waals surface area contributed by atoms with Crippen LogP contribution >= 0.6 is 0 Å². The molecule has 1 atom stereocenters. The van der Waals surface area contributed by atoms with E-state index in [0.29, 0.717) is 19.1 Å². The number of methoxy groups -OCH3 is 1. The standard InChI is InChI=1S/C17H23NO4/c1-21-11-16-10-18(17(20)22-16)14-6-2-12(3-7-14)13-4-8-15(19)9-5-13/h2-3,6-7,13,15-16,19H,4-5,8-11H2,1H3/t13-,15-,16?. The van der Waals surface area contributed by atoms with Crippen molar-refractivity contribution in [3.63, 3.8) is 0 Å². The molecule has 1 saturated heterocycles. The van der Waals surface area contributed by atoms with Gasteiger partial charge in [0.05, 0.1) is 19.3 Å². The van der Waals surface area contributed by atoms with Crippen molar-refractivity contribution >= 4 is 11.8 Å². The molecule has 2 fully saturated rings. The first-order valence-electron chi connectivity index (χ1n) is 7.92. The highest BCUT2D eigenvalue weighted by Crippen LogP contribution is 2.34. The first-order chi connectivity index (χ1) is 10.7. The Morgan fingerprint density at radius 2 is 1.91 bits per heavy atom. The van der Waals surface area contributed by atoms with Gasteiger partial charge in [-0.1, -0.05) is 12.1 Å². The van der Waals surface area contributed by atoms with Crippen molar-refractivity contribution in [1.82, 2.24) is 0 Å². The van der Waals surface area contributed by atoms with Crippen molar-refractivity contribution in [1.29, 1.82) is 0 Å². The number of carbonyl (C=O) groups is 1. The van der Waals surface area contributed by atoms with Gasteiger partial charge in [0, 0.05) is 12.8 Å². The summed E-state index contributed by atoms with van der Waals surface area (Å²) in [7, 11) is 1.60. The summed E-state index contributed by atoms with van der Waals surface area (Å²) in [5, 5.41) is 9.59. The second-order valence-electron chi connectivity index (χ2n) is 6.17. The average Bonchev–Trinajstić information content (AvgIpc) is 2.89. The molecule has 2 aliphatic rings. The molecule has 120 valence electrons. The summed E-state index contributed by atoms with van der Waals surface area (Å²) in [5.74, 6) is 0.518. The quantitative estimate of drug-likeness (QED) is 0.929. The molecular weight excluding hydrogens is 282 g/mol. The molecule has 0 spiro atoms. The number of hydrogen-bond acceptors (Lipinski definition) is 4. The van der Waals surface area contributed by atoms with E-state index in [1.54, 1.807) is 12.0 Å². The van der Waals surface area contributed by atoms with Crippen LogP contribution in [0.15, 0.2) is 24.3 Å². The number of benzene rings is 1. The molecule has 5 heteroatoms. The highest BCUT2D eigenvalue weighted by Gasteiger charge is 2.32. The van der Waals surface area contributed by atoms with Crippen LogP contribution in [-0.4, -0.2) is 43.7 Å². The number of rotatable bonds is 4. The third-order valence-electron chi connectivity index (χ3n) is 4.60. The summed E-state index contributed by atoms with van der Waals surface area (Å²) < 4.78 is 10.3. The molecule has 1 unspecified atom stereocenters. The normalized spacial score (nSPS) is 28.7. The van der Waals surface area contributed by atoms with Gasteiger partial charge in [-0.25, -0.2) is 4.79 Å². The molecule has 1 amide bonds. The third-order valence-corrected chi connectivity index (χ3v) is 4.60. The second-order valence-corrected chi connectivity index (χ2v) is 6.17. The Kier molecular flexibility index (Phi) is 4.64. The van der Waals surface area contributed by atoms with Crippen molar-refractivity contribution in [2.45, 2.75) is 43.8 Å². The van der Waals surface area contributed by atoms with E-state index < -0.39 is 0 Å². The predicted molar refractivity (Wildman–Crippen MR) is 83.1 cm³/mol. The van der Waals surface area contributed by atoms with Crippen LogP contribution in [0.1, 0.15) is 37.2 Å². The Morgan fingerprint density at radius 3 is 2.55 bits per heavy atom. The molecular formula is C17H23NO4. The van der Waals surface area contributed by atoms with E-state index in [4.69, 9.17) is 9.47 Å². The zero-order chi connectivity index (χ0) is 15.5. The first kappa shape index (κ1) is 15.3. The number of aliphatic hydroxyl groups is 1. The maximum atomic E-state index is 11.9. The highest BCUT2D eigenvalue weighted by molar-refractivity contribution is 5.89. The summed E-state index contributed by atoms with van der Waals surface area (Å²) in [6.07, 6.45) is 3.18. The van der Waals surface area contributed by atoms with Gasteiger partial charge in [-0.05, 0) is 49.3 Å². The van der Waals surface area contributed by atoms with Gasteiger partial charge in [0.15, 0.2) is 0 Å². The van der Waals surface area contributed by atoms with Crippen molar-refractivity contribution in [2.75, 3.05) is 25.2 Å². The molecule has 1 N–H and O–H groups in total. The fourth-order valence-electron chi connectivity index (χ4n) is 3.34. The van der Waals surface area contributed by atoms with Crippen LogP contribution < -0.4 is 4.90 Å². The van der Waals surface area contributed by atoms with Crippen molar-refractivity contribution in [3.8, 4) is 0 Å². The van der Waals surface area contributed by atoms with Crippen LogP contribution in [0.5, 0.6) is 0 Å². The molecule has 1 saturated carbocycles. The van der Waals surface area contributed by atoms with Crippen LogP contribution in [0.4, 0.5) is 10.5 Å². The topological polar surface area (TPSA) is 59.0 Å². The van der Waals surface area contributed by atoms with Crippen LogP contribution in [0, 0.1) is 0 Å². The number of hydrogen-bond donors (Lipinski definition) is 1. The number of ether oxygens (including phenoxy) is 2. The average molecular weight is 305 g/mol. The van der Waals surface area contributed by atoms with Crippen molar-refractivity contribution in [2.24, 2.45) is 0 Å². The Morgan fingerprint density at radius 1 is 1.23 bits per heavy atom. The fourth-order valence-corrected chi connectivity index (χ4v) is 3.34. The predicted octanol–water partition coefficient (Wildman–Crippen LogP) is 2.68. The molecule has 1 aromatic carbocycles. The van der Waals surface area contributed by atoms with E-state index in [9.17, 15) is 9.90 Å². The van der Waals surface area contributed by atoms with Crippen LogP contribution in [0.3, 0.4) is 0 Å².